The molecule has 2 nitrogen and oxygen atoms in total. The molecule has 0 aliphatic rings. The summed E-state index contributed by atoms with van der Waals surface area (Å²) in [4.78, 5) is 2.20. The SMILES string of the molecule is CN(C)C(c1csc2ccccc12)C(C)(C)N. The minimum absolute atomic E-state index is 0.235. The van der Waals surface area contributed by atoms with Gasteiger partial charge in [-0.1, -0.05) is 18.2 Å². The van der Waals surface area contributed by atoms with Crippen molar-refractivity contribution in [2.24, 2.45) is 5.73 Å². The number of nitrogens with zero attached hydrogens (tertiary/aromatic N) is 1. The van der Waals surface area contributed by atoms with Crippen molar-refractivity contribution in [3.05, 3.63) is 35.2 Å². The summed E-state index contributed by atoms with van der Waals surface area (Å²) in [7, 11) is 4.18. The molecule has 1 aromatic carbocycles. The number of likely N-dealkylation sites (N-methyl/N-ethyl adjacent to an activating group) is 1. The minimum Gasteiger partial charge on any atom is -0.324 e. The quantitative estimate of drug-likeness (QED) is 0.903. The van der Waals surface area contributed by atoms with Gasteiger partial charge in [0.05, 0.1) is 6.04 Å². The highest BCUT2D eigenvalue weighted by atomic mass is 32.1. The Bertz CT molecular complexity index is 508. The molecule has 0 spiro atoms. The first-order valence-electron chi connectivity index (χ1n) is 5.82. The molecule has 0 saturated carbocycles. The average molecular weight is 248 g/mol. The molecular weight excluding hydrogens is 228 g/mol. The van der Waals surface area contributed by atoms with Gasteiger partial charge in [-0.3, -0.25) is 0 Å². The molecule has 0 aliphatic heterocycles. The van der Waals surface area contributed by atoms with Gasteiger partial charge in [0, 0.05) is 10.2 Å². The summed E-state index contributed by atoms with van der Waals surface area (Å²) < 4.78 is 1.33. The fourth-order valence-electron chi connectivity index (χ4n) is 2.55. The van der Waals surface area contributed by atoms with Gasteiger partial charge in [-0.15, -0.1) is 11.3 Å². The summed E-state index contributed by atoms with van der Waals surface area (Å²) >= 11 is 1.79. The molecule has 2 rings (SSSR count). The lowest BCUT2D eigenvalue weighted by atomic mass is 9.88. The van der Waals surface area contributed by atoms with Gasteiger partial charge in [0.2, 0.25) is 0 Å². The Morgan fingerprint density at radius 1 is 1.24 bits per heavy atom. The Balaban J connectivity index is 2.57. The molecule has 0 radical (unpaired) electrons. The number of hydrogen-bond donors (Lipinski definition) is 1. The van der Waals surface area contributed by atoms with Crippen LogP contribution in [0.1, 0.15) is 25.5 Å². The highest BCUT2D eigenvalue weighted by Crippen LogP contribution is 2.36. The van der Waals surface area contributed by atoms with E-state index in [0.29, 0.717) is 0 Å². The molecule has 3 heteroatoms. The molecule has 0 saturated heterocycles. The molecule has 2 aromatic rings. The Hall–Kier alpha value is -0.900. The van der Waals surface area contributed by atoms with Crippen LogP contribution in [0.2, 0.25) is 0 Å². The van der Waals surface area contributed by atoms with Crippen LogP contribution < -0.4 is 5.73 Å². The van der Waals surface area contributed by atoms with E-state index in [4.69, 9.17) is 5.73 Å². The van der Waals surface area contributed by atoms with Crippen LogP contribution >= 0.6 is 11.3 Å². The van der Waals surface area contributed by atoms with Gasteiger partial charge in [0.25, 0.3) is 0 Å². The first-order valence-corrected chi connectivity index (χ1v) is 6.70. The van der Waals surface area contributed by atoms with Gasteiger partial charge < -0.3 is 10.6 Å². The molecular formula is C14H20N2S. The maximum Gasteiger partial charge on any atom is 0.0532 e. The second kappa shape index (κ2) is 4.41. The molecule has 1 aromatic heterocycles. The summed E-state index contributed by atoms with van der Waals surface area (Å²) in [6, 6.07) is 8.76. The molecule has 0 bridgehead atoms. The van der Waals surface area contributed by atoms with Gasteiger partial charge >= 0.3 is 0 Å². The van der Waals surface area contributed by atoms with Crippen molar-refractivity contribution in [1.82, 2.24) is 4.90 Å². The van der Waals surface area contributed by atoms with Gasteiger partial charge in [-0.05, 0) is 50.3 Å². The van der Waals surface area contributed by atoms with Crippen LogP contribution in [0.5, 0.6) is 0 Å². The summed E-state index contributed by atoms with van der Waals surface area (Å²) in [5, 5.41) is 3.57. The number of hydrogen-bond acceptors (Lipinski definition) is 3. The zero-order valence-electron chi connectivity index (χ0n) is 10.9. The van der Waals surface area contributed by atoms with Gasteiger partial charge in [0.1, 0.15) is 0 Å². The molecule has 0 amide bonds. The molecule has 17 heavy (non-hydrogen) atoms. The Kier molecular flexibility index (Phi) is 3.25. The Morgan fingerprint density at radius 2 is 1.88 bits per heavy atom. The lowest BCUT2D eigenvalue weighted by Gasteiger charge is -2.35. The number of thiophene rings is 1. The van der Waals surface area contributed by atoms with Crippen LogP contribution in [0, 0.1) is 0 Å². The average Bonchev–Trinajstić information content (AvgIpc) is 2.60. The van der Waals surface area contributed by atoms with Crippen molar-refractivity contribution in [2.45, 2.75) is 25.4 Å². The van der Waals surface area contributed by atoms with Crippen molar-refractivity contribution in [3.8, 4) is 0 Å². The topological polar surface area (TPSA) is 29.3 Å². The van der Waals surface area contributed by atoms with Crippen molar-refractivity contribution >= 4 is 21.4 Å². The standard InChI is InChI=1S/C14H20N2S/c1-14(2,15)13(16(3)4)11-9-17-12-8-6-5-7-10(11)12/h5-9,13H,15H2,1-4H3. The second-order valence-electron chi connectivity index (χ2n) is 5.37. The maximum absolute atomic E-state index is 6.33. The highest BCUT2D eigenvalue weighted by Gasteiger charge is 2.30. The lowest BCUT2D eigenvalue weighted by molar-refractivity contribution is 0.206. The van der Waals surface area contributed by atoms with E-state index >= 15 is 0 Å². The van der Waals surface area contributed by atoms with E-state index < -0.39 is 0 Å². The Labute approximate surface area is 107 Å². The lowest BCUT2D eigenvalue weighted by Crippen LogP contribution is -2.45. The van der Waals surface area contributed by atoms with Crippen molar-refractivity contribution < 1.29 is 0 Å². The molecule has 1 unspecified atom stereocenters. The molecule has 2 N–H and O–H groups in total. The minimum atomic E-state index is -0.257. The van der Waals surface area contributed by atoms with Gasteiger partial charge in [0.15, 0.2) is 0 Å². The molecule has 92 valence electrons. The zero-order valence-corrected chi connectivity index (χ0v) is 11.7. The molecule has 1 heterocycles. The maximum atomic E-state index is 6.33. The van der Waals surface area contributed by atoms with Crippen LogP contribution in [0.3, 0.4) is 0 Å². The fraction of sp³-hybridized carbons (Fsp3) is 0.429. The van der Waals surface area contributed by atoms with Crippen molar-refractivity contribution in [3.63, 3.8) is 0 Å². The first kappa shape index (κ1) is 12.6. The molecule has 1 atom stereocenters. The monoisotopic (exact) mass is 248 g/mol. The number of benzene rings is 1. The number of fused-ring (bicyclic) bond motifs is 1. The third-order valence-electron chi connectivity index (χ3n) is 3.03. The van der Waals surface area contributed by atoms with Crippen LogP contribution in [0.25, 0.3) is 10.1 Å². The normalized spacial score (nSPS) is 14.5. The fourth-order valence-corrected chi connectivity index (χ4v) is 3.53. The van der Waals surface area contributed by atoms with Crippen molar-refractivity contribution in [2.75, 3.05) is 14.1 Å². The number of nitrogens with two attached hydrogens (primary N) is 1. The second-order valence-corrected chi connectivity index (χ2v) is 6.29. The van der Waals surface area contributed by atoms with Crippen LogP contribution in [-0.2, 0) is 0 Å². The van der Waals surface area contributed by atoms with Gasteiger partial charge in [-0.25, -0.2) is 0 Å². The highest BCUT2D eigenvalue weighted by molar-refractivity contribution is 7.17. The predicted molar refractivity (Wildman–Crippen MR) is 76.5 cm³/mol. The van der Waals surface area contributed by atoms with Gasteiger partial charge in [-0.2, -0.15) is 0 Å². The van der Waals surface area contributed by atoms with Crippen LogP contribution in [0.4, 0.5) is 0 Å². The third kappa shape index (κ3) is 2.37. The van der Waals surface area contributed by atoms with E-state index in [1.807, 2.05) is 0 Å². The van der Waals surface area contributed by atoms with E-state index in [1.165, 1.54) is 15.6 Å². The zero-order chi connectivity index (χ0) is 12.6. The third-order valence-corrected chi connectivity index (χ3v) is 4.01. The molecule has 0 fully saturated rings. The van der Waals surface area contributed by atoms with E-state index in [-0.39, 0.29) is 11.6 Å². The van der Waals surface area contributed by atoms with E-state index in [2.05, 4.69) is 62.5 Å². The summed E-state index contributed by atoms with van der Waals surface area (Å²) in [6.07, 6.45) is 0. The van der Waals surface area contributed by atoms with Crippen LogP contribution in [0.15, 0.2) is 29.6 Å². The summed E-state index contributed by atoms with van der Waals surface area (Å²) in [5.41, 5.74) is 7.41. The van der Waals surface area contributed by atoms with Crippen molar-refractivity contribution in [1.29, 1.82) is 0 Å². The largest absolute Gasteiger partial charge is 0.324 e. The van der Waals surface area contributed by atoms with Crippen LogP contribution in [-0.4, -0.2) is 24.5 Å². The number of rotatable bonds is 3. The molecule has 0 aliphatic carbocycles. The smallest absolute Gasteiger partial charge is 0.0532 e. The first-order chi connectivity index (χ1) is 7.91. The van der Waals surface area contributed by atoms with E-state index in [0.717, 1.165) is 0 Å². The summed E-state index contributed by atoms with van der Waals surface area (Å²) in [6.45, 7) is 4.17. The predicted octanol–water partition coefficient (Wildman–Crippen LogP) is 3.24. The van der Waals surface area contributed by atoms with E-state index in [1.54, 1.807) is 11.3 Å². The Morgan fingerprint density at radius 3 is 2.47 bits per heavy atom. The summed E-state index contributed by atoms with van der Waals surface area (Å²) in [5.74, 6) is 0. The van der Waals surface area contributed by atoms with E-state index in [9.17, 15) is 0 Å².